The van der Waals surface area contributed by atoms with E-state index in [0.717, 1.165) is 60.1 Å². The van der Waals surface area contributed by atoms with Crippen molar-refractivity contribution in [3.8, 4) is 16.9 Å². The molecular formula is C34H42BrCl2FN4O2. The van der Waals surface area contributed by atoms with E-state index in [0.29, 0.717) is 50.6 Å². The number of carbonyl (C=O) groups excluding carboxylic acids is 1. The average molecular weight is 709 g/mol. The molecule has 2 fully saturated rings. The molecule has 44 heavy (non-hydrogen) atoms. The summed E-state index contributed by atoms with van der Waals surface area (Å²) in [4.78, 5) is 19.8. The molecule has 0 aromatic heterocycles. The van der Waals surface area contributed by atoms with Gasteiger partial charge >= 0.3 is 0 Å². The summed E-state index contributed by atoms with van der Waals surface area (Å²) in [6.07, 6.45) is 2.65. The summed E-state index contributed by atoms with van der Waals surface area (Å²) in [5.41, 5.74) is 10.4. The van der Waals surface area contributed by atoms with E-state index in [1.807, 2.05) is 54.3 Å². The first-order valence-electron chi connectivity index (χ1n) is 15.3. The number of hydrogen-bond donors (Lipinski definition) is 1. The van der Waals surface area contributed by atoms with Gasteiger partial charge in [-0.25, -0.2) is 4.39 Å². The topological polar surface area (TPSA) is 62.0 Å². The molecule has 0 saturated carbocycles. The summed E-state index contributed by atoms with van der Waals surface area (Å²) in [5.74, 6) is 0.524. The lowest BCUT2D eigenvalue weighted by atomic mass is 9.88. The summed E-state index contributed by atoms with van der Waals surface area (Å²) in [6, 6.07) is 18.3. The number of carbonyl (C=O) groups is 1. The lowest BCUT2D eigenvalue weighted by Crippen LogP contribution is -2.55. The molecule has 10 heteroatoms. The van der Waals surface area contributed by atoms with Crippen LogP contribution >= 0.6 is 40.2 Å². The van der Waals surface area contributed by atoms with Crippen LogP contribution in [0, 0.1) is 11.7 Å². The molecule has 0 spiro atoms. The second-order valence-corrected chi connectivity index (χ2v) is 12.3. The maximum absolute atomic E-state index is 14.5. The minimum atomic E-state index is -0.496. The maximum atomic E-state index is 14.5. The number of benzene rings is 3. The largest absolute Gasteiger partial charge is 0.493 e. The Kier molecular flexibility index (Phi) is 12.9. The highest BCUT2D eigenvalue weighted by atomic mass is 79.9. The zero-order valence-electron chi connectivity index (χ0n) is 25.2. The van der Waals surface area contributed by atoms with Crippen LogP contribution in [0.5, 0.6) is 5.75 Å². The third-order valence-electron chi connectivity index (χ3n) is 8.80. The minimum absolute atomic E-state index is 0. The lowest BCUT2D eigenvalue weighted by molar-refractivity contribution is -0.136. The SMILES string of the molecule is Br.CCOc1cccc(F)c1CN1CCN(C(=O)[C@H](N)C2CCN(CCc3cc(Cl)ccc3-c3ccccc3Cl)CC2)CC1. The van der Waals surface area contributed by atoms with Gasteiger partial charge in [0.1, 0.15) is 11.6 Å². The van der Waals surface area contributed by atoms with Gasteiger partial charge in [0.05, 0.1) is 12.6 Å². The van der Waals surface area contributed by atoms with Crippen LogP contribution in [0.4, 0.5) is 4.39 Å². The number of ether oxygens (including phenoxy) is 1. The summed E-state index contributed by atoms with van der Waals surface area (Å²) >= 11 is 12.9. The van der Waals surface area contributed by atoms with Gasteiger partial charge in [-0.1, -0.05) is 53.5 Å². The van der Waals surface area contributed by atoms with E-state index < -0.39 is 6.04 Å². The highest BCUT2D eigenvalue weighted by Crippen LogP contribution is 2.33. The zero-order chi connectivity index (χ0) is 30.3. The average Bonchev–Trinajstić information content (AvgIpc) is 3.02. The fourth-order valence-corrected chi connectivity index (χ4v) is 6.70. The number of nitrogens with two attached hydrogens (primary N) is 1. The van der Waals surface area contributed by atoms with E-state index in [1.165, 1.54) is 11.6 Å². The van der Waals surface area contributed by atoms with Crippen LogP contribution in [-0.4, -0.2) is 79.1 Å². The number of hydrogen-bond acceptors (Lipinski definition) is 5. The second-order valence-electron chi connectivity index (χ2n) is 11.5. The zero-order valence-corrected chi connectivity index (χ0v) is 28.4. The van der Waals surface area contributed by atoms with Gasteiger partial charge in [-0.15, -0.1) is 17.0 Å². The highest BCUT2D eigenvalue weighted by Gasteiger charge is 2.33. The number of likely N-dealkylation sites (tertiary alicyclic amines) is 1. The van der Waals surface area contributed by atoms with Crippen LogP contribution in [0.15, 0.2) is 60.7 Å². The number of rotatable bonds is 10. The summed E-state index contributed by atoms with van der Waals surface area (Å²) in [5, 5.41) is 1.45. The first-order valence-corrected chi connectivity index (χ1v) is 16.0. The normalized spacial score (nSPS) is 17.2. The summed E-state index contributed by atoms with van der Waals surface area (Å²) in [7, 11) is 0. The molecule has 3 aromatic rings. The Bertz CT molecular complexity index is 1400. The molecule has 2 N–H and O–H groups in total. The molecule has 0 unspecified atom stereocenters. The van der Waals surface area contributed by atoms with Gasteiger partial charge in [0.2, 0.25) is 5.91 Å². The van der Waals surface area contributed by atoms with Crippen LogP contribution < -0.4 is 10.5 Å². The Morgan fingerprint density at radius 1 is 0.955 bits per heavy atom. The smallest absolute Gasteiger partial charge is 0.239 e. The Balaban J connectivity index is 0.00000442. The van der Waals surface area contributed by atoms with E-state index in [2.05, 4.69) is 9.80 Å². The number of piperazine rings is 1. The molecule has 5 rings (SSSR count). The van der Waals surface area contributed by atoms with Crippen molar-refractivity contribution in [2.45, 2.75) is 38.8 Å². The van der Waals surface area contributed by atoms with Crippen molar-refractivity contribution >= 4 is 46.1 Å². The van der Waals surface area contributed by atoms with E-state index >= 15 is 0 Å². The Hall–Kier alpha value is -2.20. The fraction of sp³-hybridized carbons (Fsp3) is 0.441. The number of nitrogens with zero attached hydrogens (tertiary/aromatic N) is 3. The lowest BCUT2D eigenvalue weighted by Gasteiger charge is -2.39. The van der Waals surface area contributed by atoms with Crippen molar-refractivity contribution in [1.29, 1.82) is 0 Å². The molecule has 2 heterocycles. The van der Waals surface area contributed by atoms with Crippen molar-refractivity contribution in [3.63, 3.8) is 0 Å². The fourth-order valence-electron chi connectivity index (χ4n) is 6.27. The monoisotopic (exact) mass is 706 g/mol. The molecule has 2 aliphatic rings. The summed E-state index contributed by atoms with van der Waals surface area (Å²) in [6.45, 7) is 8.11. The Labute approximate surface area is 281 Å². The summed E-state index contributed by atoms with van der Waals surface area (Å²) < 4.78 is 20.2. The van der Waals surface area contributed by atoms with Gasteiger partial charge in [-0.3, -0.25) is 9.69 Å². The van der Waals surface area contributed by atoms with Gasteiger partial charge < -0.3 is 20.3 Å². The van der Waals surface area contributed by atoms with Gasteiger partial charge in [-0.05, 0) is 86.7 Å². The highest BCUT2D eigenvalue weighted by molar-refractivity contribution is 8.93. The second kappa shape index (κ2) is 16.4. The molecule has 0 radical (unpaired) electrons. The molecule has 1 atom stereocenters. The molecule has 2 aliphatic heterocycles. The standard InChI is InChI=1S/C34H41Cl2FN4O2.BrH/c1-2-43-32-9-5-8-31(37)29(32)23-40-18-20-41(21-19-40)34(42)33(38)24-12-15-39(16-13-24)17-14-25-22-26(35)10-11-27(25)28-6-3-4-7-30(28)36;/h3-11,22,24,33H,2,12-21,23,38H2,1H3;1H/t33-;/m1./s1. The van der Waals surface area contributed by atoms with E-state index in [4.69, 9.17) is 33.7 Å². The molecule has 6 nitrogen and oxygen atoms in total. The van der Waals surface area contributed by atoms with Gasteiger partial charge in [0.15, 0.2) is 0 Å². The van der Waals surface area contributed by atoms with Crippen molar-refractivity contribution in [1.82, 2.24) is 14.7 Å². The number of amides is 1. The van der Waals surface area contributed by atoms with Crippen molar-refractivity contribution < 1.29 is 13.9 Å². The number of halogens is 4. The van der Waals surface area contributed by atoms with Crippen LogP contribution in [0.25, 0.3) is 11.1 Å². The molecule has 2 saturated heterocycles. The molecule has 1 amide bonds. The third kappa shape index (κ3) is 8.53. The van der Waals surface area contributed by atoms with Crippen LogP contribution in [0.3, 0.4) is 0 Å². The third-order valence-corrected chi connectivity index (χ3v) is 9.36. The molecule has 238 valence electrons. The quantitative estimate of drug-likeness (QED) is 0.254. The van der Waals surface area contributed by atoms with Gasteiger partial charge in [-0.2, -0.15) is 0 Å². The molecule has 0 bridgehead atoms. The first-order chi connectivity index (χ1) is 20.8. The molecular weight excluding hydrogens is 666 g/mol. The minimum Gasteiger partial charge on any atom is -0.493 e. The van der Waals surface area contributed by atoms with E-state index in [1.54, 1.807) is 12.1 Å². The van der Waals surface area contributed by atoms with E-state index in [9.17, 15) is 9.18 Å². The van der Waals surface area contributed by atoms with Crippen molar-refractivity contribution in [2.75, 3.05) is 52.4 Å². The van der Waals surface area contributed by atoms with Crippen molar-refractivity contribution in [2.24, 2.45) is 11.7 Å². The molecule has 0 aliphatic carbocycles. The first kappa shape index (κ1) is 34.7. The van der Waals surface area contributed by atoms with Crippen molar-refractivity contribution in [3.05, 3.63) is 87.7 Å². The van der Waals surface area contributed by atoms with Crippen LogP contribution in [0.2, 0.25) is 10.0 Å². The van der Waals surface area contributed by atoms with Gasteiger partial charge in [0.25, 0.3) is 0 Å². The Morgan fingerprint density at radius 3 is 2.39 bits per heavy atom. The van der Waals surface area contributed by atoms with Crippen LogP contribution in [-0.2, 0) is 17.8 Å². The maximum Gasteiger partial charge on any atom is 0.239 e. The molecule has 3 aromatic carbocycles. The Morgan fingerprint density at radius 2 is 1.68 bits per heavy atom. The number of piperidine rings is 1. The van der Waals surface area contributed by atoms with Crippen LogP contribution in [0.1, 0.15) is 30.9 Å². The van der Waals surface area contributed by atoms with E-state index in [-0.39, 0.29) is 34.6 Å². The predicted octanol–water partition coefficient (Wildman–Crippen LogP) is 6.70. The predicted molar refractivity (Wildman–Crippen MR) is 182 cm³/mol. The van der Waals surface area contributed by atoms with Gasteiger partial charge in [0, 0.05) is 60.4 Å².